The lowest BCUT2D eigenvalue weighted by atomic mass is 9.88. The number of benzene rings is 1. The summed E-state index contributed by atoms with van der Waals surface area (Å²) in [5.41, 5.74) is 0.327. The summed E-state index contributed by atoms with van der Waals surface area (Å²) < 4.78 is 0. The highest BCUT2D eigenvalue weighted by molar-refractivity contribution is 6.47. The summed E-state index contributed by atoms with van der Waals surface area (Å²) in [6, 6.07) is 4.98. The topological polar surface area (TPSA) is 53.2 Å². The zero-order valence-electron chi connectivity index (χ0n) is 11.2. The molecule has 0 saturated carbocycles. The predicted molar refractivity (Wildman–Crippen MR) is 78.4 cm³/mol. The van der Waals surface area contributed by atoms with Crippen LogP contribution in [0.2, 0.25) is 10.0 Å². The molecule has 1 aromatic carbocycles. The molecule has 1 rings (SSSR count). The molecule has 0 aliphatic rings. The number of rotatable bonds is 2. The Morgan fingerprint density at radius 2 is 1.74 bits per heavy atom. The van der Waals surface area contributed by atoms with Gasteiger partial charge in [-0.15, -0.1) is 0 Å². The first-order valence-electron chi connectivity index (χ1n) is 5.66. The molecule has 0 spiro atoms. The minimum atomic E-state index is -0.660. The lowest BCUT2D eigenvalue weighted by Crippen LogP contribution is -2.27. The SMILES string of the molecule is Cc1c(Cl)cc(N=C(C#N)C(=O)C(C)(C)C)cc1Cl. The Bertz CT molecular complexity index is 569. The van der Waals surface area contributed by atoms with Gasteiger partial charge in [0.2, 0.25) is 0 Å². The van der Waals surface area contributed by atoms with Gasteiger partial charge in [0.15, 0.2) is 11.5 Å². The van der Waals surface area contributed by atoms with Crippen LogP contribution in [0, 0.1) is 23.7 Å². The monoisotopic (exact) mass is 296 g/mol. The highest BCUT2D eigenvalue weighted by atomic mass is 35.5. The first-order chi connectivity index (χ1) is 8.66. The Hall–Kier alpha value is -1.37. The Kier molecular flexibility index (Phi) is 4.73. The molecule has 0 atom stereocenters. The number of carbonyl (C=O) groups excluding carboxylic acids is 1. The summed E-state index contributed by atoms with van der Waals surface area (Å²) in [5.74, 6) is -0.317. The smallest absolute Gasteiger partial charge is 0.197 e. The molecule has 19 heavy (non-hydrogen) atoms. The van der Waals surface area contributed by atoms with Gasteiger partial charge in [-0.05, 0) is 24.6 Å². The number of aliphatic imine (C=N–C) groups is 1. The molecule has 0 aliphatic heterocycles. The Morgan fingerprint density at radius 1 is 1.26 bits per heavy atom. The number of carbonyl (C=O) groups is 1. The van der Waals surface area contributed by atoms with Gasteiger partial charge in [-0.1, -0.05) is 44.0 Å². The summed E-state index contributed by atoms with van der Waals surface area (Å²) >= 11 is 12.0. The lowest BCUT2D eigenvalue weighted by Gasteiger charge is -2.14. The average Bonchev–Trinajstić information content (AvgIpc) is 2.30. The van der Waals surface area contributed by atoms with E-state index < -0.39 is 5.41 Å². The summed E-state index contributed by atoms with van der Waals surface area (Å²) in [5, 5.41) is 9.95. The molecule has 0 aromatic heterocycles. The van der Waals surface area contributed by atoms with Gasteiger partial charge in [-0.3, -0.25) is 4.79 Å². The maximum absolute atomic E-state index is 12.0. The van der Waals surface area contributed by atoms with E-state index in [-0.39, 0.29) is 11.5 Å². The second kappa shape index (κ2) is 5.73. The third-order valence-electron chi connectivity index (χ3n) is 2.51. The first kappa shape index (κ1) is 15.7. The third-order valence-corrected chi connectivity index (χ3v) is 3.29. The van der Waals surface area contributed by atoms with E-state index in [0.29, 0.717) is 15.7 Å². The van der Waals surface area contributed by atoms with Crippen LogP contribution in [0.1, 0.15) is 26.3 Å². The molecule has 100 valence electrons. The van der Waals surface area contributed by atoms with E-state index in [1.807, 2.05) is 6.07 Å². The number of nitriles is 1. The van der Waals surface area contributed by atoms with E-state index in [9.17, 15) is 4.79 Å². The Balaban J connectivity index is 3.28. The molecule has 0 unspecified atom stereocenters. The average molecular weight is 297 g/mol. The van der Waals surface area contributed by atoms with Crippen molar-refractivity contribution in [3.05, 3.63) is 27.7 Å². The van der Waals surface area contributed by atoms with Crippen molar-refractivity contribution in [2.45, 2.75) is 27.7 Å². The third kappa shape index (κ3) is 3.79. The van der Waals surface area contributed by atoms with Crippen molar-refractivity contribution < 1.29 is 4.79 Å². The fourth-order valence-corrected chi connectivity index (χ4v) is 1.78. The van der Waals surface area contributed by atoms with E-state index in [4.69, 9.17) is 28.5 Å². The molecule has 0 aliphatic carbocycles. The van der Waals surface area contributed by atoms with Crippen LogP contribution >= 0.6 is 23.2 Å². The second-order valence-electron chi connectivity index (χ2n) is 5.19. The zero-order valence-corrected chi connectivity index (χ0v) is 12.7. The highest BCUT2D eigenvalue weighted by Gasteiger charge is 2.26. The maximum atomic E-state index is 12.0. The van der Waals surface area contributed by atoms with Crippen LogP contribution in [0.4, 0.5) is 5.69 Å². The molecule has 3 nitrogen and oxygen atoms in total. The van der Waals surface area contributed by atoms with Crippen LogP contribution in [0.25, 0.3) is 0 Å². The fraction of sp³-hybridized carbons (Fsp3) is 0.357. The van der Waals surface area contributed by atoms with Gasteiger partial charge in [0.25, 0.3) is 0 Å². The zero-order chi connectivity index (χ0) is 14.8. The van der Waals surface area contributed by atoms with E-state index in [1.165, 1.54) is 0 Å². The van der Waals surface area contributed by atoms with E-state index in [1.54, 1.807) is 39.8 Å². The molecule has 0 bridgehead atoms. The number of halogens is 2. The second-order valence-corrected chi connectivity index (χ2v) is 6.00. The van der Waals surface area contributed by atoms with Crippen LogP contribution in [0.5, 0.6) is 0 Å². The summed E-state index contributed by atoms with van der Waals surface area (Å²) in [7, 11) is 0. The van der Waals surface area contributed by atoms with Gasteiger partial charge in [0.05, 0.1) is 5.69 Å². The van der Waals surface area contributed by atoms with Crippen LogP contribution in [-0.4, -0.2) is 11.5 Å². The summed E-state index contributed by atoms with van der Waals surface area (Å²) in [6.07, 6.45) is 0. The van der Waals surface area contributed by atoms with Crippen LogP contribution < -0.4 is 0 Å². The minimum Gasteiger partial charge on any atom is -0.291 e. The first-order valence-corrected chi connectivity index (χ1v) is 6.41. The summed E-state index contributed by atoms with van der Waals surface area (Å²) in [6.45, 7) is 6.98. The van der Waals surface area contributed by atoms with Crippen LogP contribution in [0.15, 0.2) is 17.1 Å². The largest absolute Gasteiger partial charge is 0.291 e. The van der Waals surface area contributed by atoms with Gasteiger partial charge in [-0.25, -0.2) is 4.99 Å². The molecular weight excluding hydrogens is 283 g/mol. The van der Waals surface area contributed by atoms with Crippen molar-refractivity contribution in [1.82, 2.24) is 0 Å². The molecule has 0 fully saturated rings. The van der Waals surface area contributed by atoms with Crippen molar-refractivity contribution >= 4 is 40.4 Å². The molecule has 5 heteroatoms. The Labute approximate surface area is 122 Å². The minimum absolute atomic E-state index is 0.150. The van der Waals surface area contributed by atoms with Gasteiger partial charge < -0.3 is 0 Å². The number of Topliss-reactive ketones (excluding diaryl/α,β-unsaturated/α-hetero) is 1. The number of hydrogen-bond donors (Lipinski definition) is 0. The van der Waals surface area contributed by atoms with Crippen molar-refractivity contribution in [1.29, 1.82) is 5.26 Å². The van der Waals surface area contributed by atoms with Gasteiger partial charge in [0.1, 0.15) is 6.07 Å². The number of hydrogen-bond acceptors (Lipinski definition) is 3. The molecule has 0 N–H and O–H groups in total. The van der Waals surface area contributed by atoms with E-state index in [2.05, 4.69) is 4.99 Å². The van der Waals surface area contributed by atoms with E-state index >= 15 is 0 Å². The molecule has 0 heterocycles. The quantitative estimate of drug-likeness (QED) is 0.754. The van der Waals surface area contributed by atoms with Crippen molar-refractivity contribution in [2.75, 3.05) is 0 Å². The van der Waals surface area contributed by atoms with Crippen molar-refractivity contribution in [2.24, 2.45) is 10.4 Å². The molecule has 0 saturated heterocycles. The van der Waals surface area contributed by atoms with E-state index in [0.717, 1.165) is 5.56 Å². The normalized spacial score (nSPS) is 12.2. The molecule has 0 radical (unpaired) electrons. The highest BCUT2D eigenvalue weighted by Crippen LogP contribution is 2.30. The van der Waals surface area contributed by atoms with Crippen molar-refractivity contribution in [3.8, 4) is 6.07 Å². The summed E-state index contributed by atoms with van der Waals surface area (Å²) in [4.78, 5) is 16.1. The van der Waals surface area contributed by atoms with Gasteiger partial charge in [-0.2, -0.15) is 5.26 Å². The molecular formula is C14H14Cl2N2O. The number of nitrogens with zero attached hydrogens (tertiary/aromatic N) is 2. The number of ketones is 1. The standard InChI is InChI=1S/C14H14Cl2N2O/c1-8-10(15)5-9(6-11(8)16)18-12(7-17)13(19)14(2,3)4/h5-6H,1-4H3. The molecule has 1 aromatic rings. The fourth-order valence-electron chi connectivity index (χ4n) is 1.31. The van der Waals surface area contributed by atoms with Crippen molar-refractivity contribution in [3.63, 3.8) is 0 Å². The van der Waals surface area contributed by atoms with Gasteiger partial charge in [0, 0.05) is 15.5 Å². The maximum Gasteiger partial charge on any atom is 0.197 e. The van der Waals surface area contributed by atoms with Crippen LogP contribution in [-0.2, 0) is 4.79 Å². The van der Waals surface area contributed by atoms with Crippen LogP contribution in [0.3, 0.4) is 0 Å². The lowest BCUT2D eigenvalue weighted by molar-refractivity contribution is -0.119. The Morgan fingerprint density at radius 3 is 2.11 bits per heavy atom. The van der Waals surface area contributed by atoms with Gasteiger partial charge >= 0.3 is 0 Å². The molecule has 0 amide bonds. The predicted octanol–water partition coefficient (Wildman–Crippen LogP) is 4.51.